The maximum absolute atomic E-state index is 2.44. The fourth-order valence-electron chi connectivity index (χ4n) is 4.43. The first-order valence-corrected chi connectivity index (χ1v) is 7.29. The van der Waals surface area contributed by atoms with Gasteiger partial charge in [0.25, 0.3) is 0 Å². The van der Waals surface area contributed by atoms with Gasteiger partial charge in [0, 0.05) is 10.8 Å². The highest BCUT2D eigenvalue weighted by Crippen LogP contribution is 2.65. The number of hydrogen-bond acceptors (Lipinski definition) is 0. The van der Waals surface area contributed by atoms with Crippen molar-refractivity contribution in [1.82, 2.24) is 0 Å². The van der Waals surface area contributed by atoms with Crippen LogP contribution in [0.25, 0.3) is 0 Å². The highest BCUT2D eigenvalue weighted by atomic mass is 14.6. The standard InChI is InChI=1S/C19H20/c1-13-11-16-9-7-14-5-4-6-15-8-10-17(12-13)19(16,3)18(14,15)2/h5-13H,4H2,1-3H3. The van der Waals surface area contributed by atoms with E-state index in [0.717, 1.165) is 6.42 Å². The van der Waals surface area contributed by atoms with Crippen LogP contribution in [0.3, 0.4) is 0 Å². The molecule has 0 aromatic heterocycles. The van der Waals surface area contributed by atoms with Crippen molar-refractivity contribution in [2.75, 3.05) is 0 Å². The van der Waals surface area contributed by atoms with Crippen molar-refractivity contribution in [3.8, 4) is 0 Å². The molecule has 0 aromatic carbocycles. The van der Waals surface area contributed by atoms with E-state index in [-0.39, 0.29) is 10.8 Å². The van der Waals surface area contributed by atoms with Crippen LogP contribution in [0, 0.1) is 16.7 Å². The summed E-state index contributed by atoms with van der Waals surface area (Å²) in [5, 5.41) is 0. The molecule has 0 unspecified atom stereocenters. The summed E-state index contributed by atoms with van der Waals surface area (Å²) in [7, 11) is 0. The van der Waals surface area contributed by atoms with Crippen LogP contribution in [-0.2, 0) is 0 Å². The van der Waals surface area contributed by atoms with Crippen molar-refractivity contribution < 1.29 is 0 Å². The summed E-state index contributed by atoms with van der Waals surface area (Å²) in [6.45, 7) is 7.13. The molecule has 0 heterocycles. The van der Waals surface area contributed by atoms with Gasteiger partial charge in [0.15, 0.2) is 0 Å². The average molecular weight is 248 g/mol. The molecule has 0 saturated carbocycles. The Morgan fingerprint density at radius 2 is 1.21 bits per heavy atom. The Morgan fingerprint density at radius 3 is 1.74 bits per heavy atom. The van der Waals surface area contributed by atoms with Gasteiger partial charge in [-0.05, 0) is 34.6 Å². The van der Waals surface area contributed by atoms with Crippen molar-refractivity contribution in [3.63, 3.8) is 0 Å². The average Bonchev–Trinajstić information content (AvgIpc) is 2.37. The van der Waals surface area contributed by atoms with Gasteiger partial charge in [-0.1, -0.05) is 69.4 Å². The molecule has 0 saturated heterocycles. The van der Waals surface area contributed by atoms with Crippen LogP contribution in [0.1, 0.15) is 27.2 Å². The van der Waals surface area contributed by atoms with Crippen LogP contribution in [0.15, 0.2) is 70.9 Å². The fourth-order valence-corrected chi connectivity index (χ4v) is 4.43. The quantitative estimate of drug-likeness (QED) is 0.572. The van der Waals surface area contributed by atoms with Crippen molar-refractivity contribution in [2.45, 2.75) is 27.2 Å². The molecule has 19 heavy (non-hydrogen) atoms. The largest absolute Gasteiger partial charge is 0.0766 e. The smallest absolute Gasteiger partial charge is 0.0303 e. The molecule has 96 valence electrons. The summed E-state index contributed by atoms with van der Waals surface area (Å²) in [4.78, 5) is 0. The maximum Gasteiger partial charge on any atom is 0.0303 e. The van der Waals surface area contributed by atoms with Crippen LogP contribution in [0.4, 0.5) is 0 Å². The Morgan fingerprint density at radius 1 is 0.789 bits per heavy atom. The normalized spacial score (nSPS) is 41.9. The van der Waals surface area contributed by atoms with Crippen molar-refractivity contribution >= 4 is 0 Å². The minimum Gasteiger partial charge on any atom is -0.0766 e. The van der Waals surface area contributed by atoms with E-state index in [9.17, 15) is 0 Å². The van der Waals surface area contributed by atoms with Gasteiger partial charge in [-0.2, -0.15) is 0 Å². The van der Waals surface area contributed by atoms with Crippen LogP contribution in [0.5, 0.6) is 0 Å². The highest BCUT2D eigenvalue weighted by Gasteiger charge is 2.55. The minimum absolute atomic E-state index is 0.112. The summed E-state index contributed by atoms with van der Waals surface area (Å²) in [5.41, 5.74) is 6.21. The van der Waals surface area contributed by atoms with Gasteiger partial charge in [0.2, 0.25) is 0 Å². The lowest BCUT2D eigenvalue weighted by Crippen LogP contribution is -2.47. The molecule has 0 N–H and O–H groups in total. The van der Waals surface area contributed by atoms with Crippen LogP contribution >= 0.6 is 0 Å². The van der Waals surface area contributed by atoms with E-state index in [1.807, 2.05) is 0 Å². The Kier molecular flexibility index (Phi) is 1.96. The second kappa shape index (κ2) is 3.30. The van der Waals surface area contributed by atoms with E-state index in [1.54, 1.807) is 0 Å². The van der Waals surface area contributed by atoms with Gasteiger partial charge < -0.3 is 0 Å². The lowest BCUT2D eigenvalue weighted by Gasteiger charge is -2.57. The maximum atomic E-state index is 2.44. The minimum atomic E-state index is 0.112. The molecule has 0 spiro atoms. The van der Waals surface area contributed by atoms with Crippen LogP contribution < -0.4 is 0 Å². The first kappa shape index (κ1) is 11.3. The Labute approximate surface area is 115 Å². The zero-order chi connectivity index (χ0) is 13.3. The molecule has 0 heteroatoms. The highest BCUT2D eigenvalue weighted by molar-refractivity contribution is 5.64. The first-order chi connectivity index (χ1) is 9.06. The van der Waals surface area contributed by atoms with E-state index in [1.165, 1.54) is 22.3 Å². The summed E-state index contributed by atoms with van der Waals surface area (Å²) < 4.78 is 0. The lowest BCUT2D eigenvalue weighted by atomic mass is 9.46. The van der Waals surface area contributed by atoms with Crippen LogP contribution in [-0.4, -0.2) is 0 Å². The van der Waals surface area contributed by atoms with Gasteiger partial charge in [-0.3, -0.25) is 0 Å². The van der Waals surface area contributed by atoms with Crippen molar-refractivity contribution in [1.29, 1.82) is 0 Å². The molecule has 0 aromatic rings. The van der Waals surface area contributed by atoms with E-state index >= 15 is 0 Å². The molecule has 0 fully saturated rings. The van der Waals surface area contributed by atoms with Gasteiger partial charge >= 0.3 is 0 Å². The Hall–Kier alpha value is -1.56. The summed E-state index contributed by atoms with van der Waals surface area (Å²) in [6.07, 6.45) is 20.1. The number of rotatable bonds is 0. The van der Waals surface area contributed by atoms with Crippen LogP contribution in [0.2, 0.25) is 0 Å². The molecule has 4 aliphatic carbocycles. The second-order valence-corrected chi connectivity index (χ2v) is 6.57. The predicted molar refractivity (Wildman–Crippen MR) is 80.6 cm³/mol. The monoisotopic (exact) mass is 248 g/mol. The van der Waals surface area contributed by atoms with Crippen molar-refractivity contribution in [2.24, 2.45) is 16.7 Å². The van der Waals surface area contributed by atoms with E-state index < -0.39 is 0 Å². The number of allylic oxidation sites excluding steroid dienone is 12. The molecule has 0 bridgehead atoms. The zero-order valence-electron chi connectivity index (χ0n) is 11.9. The third-order valence-corrected chi connectivity index (χ3v) is 5.75. The summed E-state index contributed by atoms with van der Waals surface area (Å²) >= 11 is 0. The zero-order valence-corrected chi connectivity index (χ0v) is 11.9. The second-order valence-electron chi connectivity index (χ2n) is 6.57. The molecule has 0 amide bonds. The van der Waals surface area contributed by atoms with E-state index in [0.29, 0.717) is 5.92 Å². The fraction of sp³-hybridized carbons (Fsp3) is 0.368. The van der Waals surface area contributed by atoms with Crippen molar-refractivity contribution in [3.05, 3.63) is 70.9 Å². The van der Waals surface area contributed by atoms with Gasteiger partial charge in [-0.25, -0.2) is 0 Å². The molecule has 0 nitrogen and oxygen atoms in total. The Balaban J connectivity index is 2.10. The first-order valence-electron chi connectivity index (χ1n) is 7.29. The van der Waals surface area contributed by atoms with Gasteiger partial charge in [0.05, 0.1) is 0 Å². The molecule has 4 rings (SSSR count). The SMILES string of the molecule is CC1C=C2C=CC3=CCC=C4C=CC(=C1)C2(C)C34C. The predicted octanol–water partition coefficient (Wildman–Crippen LogP) is 4.90. The Bertz CT molecular complexity index is 596. The molecule has 0 aliphatic heterocycles. The van der Waals surface area contributed by atoms with E-state index in [2.05, 4.69) is 69.4 Å². The molecular weight excluding hydrogens is 228 g/mol. The number of hydrogen-bond donors (Lipinski definition) is 0. The summed E-state index contributed by atoms with van der Waals surface area (Å²) in [6, 6.07) is 0. The topological polar surface area (TPSA) is 0 Å². The summed E-state index contributed by atoms with van der Waals surface area (Å²) in [5.74, 6) is 0.538. The molecule has 0 radical (unpaired) electrons. The molecular formula is C19H20. The third kappa shape index (κ3) is 1.12. The van der Waals surface area contributed by atoms with E-state index in [4.69, 9.17) is 0 Å². The lowest BCUT2D eigenvalue weighted by molar-refractivity contribution is 0.241. The van der Waals surface area contributed by atoms with Gasteiger partial charge in [0.1, 0.15) is 0 Å². The van der Waals surface area contributed by atoms with Gasteiger partial charge in [-0.15, -0.1) is 0 Å². The third-order valence-electron chi connectivity index (χ3n) is 5.75. The molecule has 0 atom stereocenters. The molecule has 4 aliphatic rings.